The Morgan fingerprint density at radius 2 is 1.88 bits per heavy atom. The average molecular weight is 403 g/mol. The van der Waals surface area contributed by atoms with E-state index in [9.17, 15) is 17.6 Å². The van der Waals surface area contributed by atoms with Crippen LogP contribution in [-0.2, 0) is 13.8 Å². The highest BCUT2D eigenvalue weighted by Crippen LogP contribution is 2.34. The van der Waals surface area contributed by atoms with Crippen LogP contribution in [0.25, 0.3) is 16.6 Å². The molecule has 2 aromatic carbocycles. The van der Waals surface area contributed by atoms with E-state index in [1.807, 2.05) is 0 Å². The lowest BCUT2D eigenvalue weighted by molar-refractivity contribution is 0.0600. The highest BCUT2D eigenvalue weighted by molar-refractivity contribution is 8.14. The van der Waals surface area contributed by atoms with Gasteiger partial charge in [-0.1, -0.05) is 11.6 Å². The molecule has 0 aliphatic carbocycles. The number of benzene rings is 2. The van der Waals surface area contributed by atoms with Gasteiger partial charge in [0.25, 0.3) is 9.05 Å². The quantitative estimate of drug-likeness (QED) is 0.494. The molecular formula is C15H9Cl2FN2O4S. The van der Waals surface area contributed by atoms with E-state index in [0.29, 0.717) is 5.69 Å². The normalized spacial score (nSPS) is 11.7. The van der Waals surface area contributed by atoms with E-state index in [1.165, 1.54) is 35.0 Å². The van der Waals surface area contributed by atoms with Gasteiger partial charge in [0.15, 0.2) is 5.15 Å². The predicted octanol–water partition coefficient (Wildman–Crippen LogP) is 3.53. The Labute approximate surface area is 151 Å². The van der Waals surface area contributed by atoms with Gasteiger partial charge in [-0.2, -0.15) is 5.10 Å². The Morgan fingerprint density at radius 3 is 2.44 bits per heavy atom. The molecule has 0 amide bonds. The van der Waals surface area contributed by atoms with Crippen LogP contribution in [0.3, 0.4) is 0 Å². The van der Waals surface area contributed by atoms with Crippen LogP contribution >= 0.6 is 22.3 Å². The maximum Gasteiger partial charge on any atom is 0.337 e. The molecule has 6 nitrogen and oxygen atoms in total. The summed E-state index contributed by atoms with van der Waals surface area (Å²) in [5, 5.41) is 3.99. The molecule has 0 bridgehead atoms. The van der Waals surface area contributed by atoms with Crippen molar-refractivity contribution in [1.82, 2.24) is 9.78 Å². The standard InChI is InChI=1S/C15H9Cl2FN2O4S/c1-24-15(21)8-6-11-13(12(7-8)25(17,22)23)14(16)19-20(11)10-4-2-9(18)3-5-10/h2-7H,1H3. The summed E-state index contributed by atoms with van der Waals surface area (Å²) in [6.07, 6.45) is 0. The zero-order chi connectivity index (χ0) is 18.4. The Bertz CT molecular complexity index is 1090. The molecule has 25 heavy (non-hydrogen) atoms. The summed E-state index contributed by atoms with van der Waals surface area (Å²) >= 11 is 6.09. The Kier molecular flexibility index (Phi) is 4.44. The molecule has 3 aromatic rings. The maximum absolute atomic E-state index is 13.1. The first-order valence-corrected chi connectivity index (χ1v) is 9.42. The number of hydrogen-bond donors (Lipinski definition) is 0. The minimum atomic E-state index is -4.23. The third-order valence-electron chi connectivity index (χ3n) is 3.46. The van der Waals surface area contributed by atoms with Crippen LogP contribution in [0.4, 0.5) is 4.39 Å². The van der Waals surface area contributed by atoms with Gasteiger partial charge in [-0.25, -0.2) is 22.3 Å². The number of carbonyl (C=O) groups excluding carboxylic acids is 1. The molecular weight excluding hydrogens is 394 g/mol. The zero-order valence-corrected chi connectivity index (χ0v) is 14.9. The molecule has 0 saturated carbocycles. The molecule has 0 saturated heterocycles. The van der Waals surface area contributed by atoms with Crippen LogP contribution in [0.5, 0.6) is 0 Å². The average Bonchev–Trinajstić information content (AvgIpc) is 2.90. The molecule has 1 heterocycles. The second-order valence-electron chi connectivity index (χ2n) is 4.98. The summed E-state index contributed by atoms with van der Waals surface area (Å²) in [4.78, 5) is 11.5. The van der Waals surface area contributed by atoms with Crippen LogP contribution in [0.2, 0.25) is 5.15 Å². The van der Waals surface area contributed by atoms with Crippen LogP contribution in [0, 0.1) is 5.82 Å². The van der Waals surface area contributed by atoms with Crippen molar-refractivity contribution in [3.05, 3.63) is 52.9 Å². The number of aromatic nitrogens is 2. The molecule has 0 aliphatic heterocycles. The van der Waals surface area contributed by atoms with Gasteiger partial charge < -0.3 is 4.74 Å². The van der Waals surface area contributed by atoms with Gasteiger partial charge in [0.05, 0.1) is 34.2 Å². The van der Waals surface area contributed by atoms with Gasteiger partial charge in [-0.05, 0) is 36.4 Å². The van der Waals surface area contributed by atoms with Gasteiger partial charge in [0.2, 0.25) is 0 Å². The number of esters is 1. The van der Waals surface area contributed by atoms with Crippen molar-refractivity contribution in [3.63, 3.8) is 0 Å². The van der Waals surface area contributed by atoms with E-state index in [0.717, 1.165) is 13.2 Å². The van der Waals surface area contributed by atoms with Crippen molar-refractivity contribution in [2.45, 2.75) is 4.90 Å². The van der Waals surface area contributed by atoms with Crippen molar-refractivity contribution < 1.29 is 22.3 Å². The highest BCUT2D eigenvalue weighted by atomic mass is 35.7. The van der Waals surface area contributed by atoms with Crippen molar-refractivity contribution >= 4 is 48.2 Å². The van der Waals surface area contributed by atoms with Crippen molar-refractivity contribution in [3.8, 4) is 5.69 Å². The second kappa shape index (κ2) is 6.29. The zero-order valence-electron chi connectivity index (χ0n) is 12.5. The SMILES string of the molecule is COC(=O)c1cc(S(=O)(=O)Cl)c2c(Cl)nn(-c3ccc(F)cc3)c2c1. The van der Waals surface area contributed by atoms with Gasteiger partial charge in [0.1, 0.15) is 5.82 Å². The molecule has 0 aliphatic rings. The van der Waals surface area contributed by atoms with E-state index < -0.39 is 20.8 Å². The molecule has 0 N–H and O–H groups in total. The number of carbonyl (C=O) groups is 1. The van der Waals surface area contributed by atoms with E-state index >= 15 is 0 Å². The van der Waals surface area contributed by atoms with E-state index in [-0.39, 0.29) is 26.5 Å². The minimum absolute atomic E-state index is 0.0471. The number of rotatable bonds is 3. The maximum atomic E-state index is 13.1. The molecule has 0 atom stereocenters. The fraction of sp³-hybridized carbons (Fsp3) is 0.0667. The predicted molar refractivity (Wildman–Crippen MR) is 90.4 cm³/mol. The third kappa shape index (κ3) is 3.20. The topological polar surface area (TPSA) is 78.3 Å². The van der Waals surface area contributed by atoms with Crippen molar-refractivity contribution in [2.75, 3.05) is 7.11 Å². The molecule has 0 fully saturated rings. The Morgan fingerprint density at radius 1 is 1.24 bits per heavy atom. The molecule has 0 unspecified atom stereocenters. The van der Waals surface area contributed by atoms with E-state index in [1.54, 1.807) is 0 Å². The molecule has 130 valence electrons. The van der Waals surface area contributed by atoms with Crippen LogP contribution in [-0.4, -0.2) is 31.3 Å². The summed E-state index contributed by atoms with van der Waals surface area (Å²) < 4.78 is 42.9. The van der Waals surface area contributed by atoms with Gasteiger partial charge in [0, 0.05) is 10.7 Å². The molecule has 10 heteroatoms. The summed E-state index contributed by atoms with van der Waals surface area (Å²) in [6.45, 7) is 0. The summed E-state index contributed by atoms with van der Waals surface area (Å²) in [5.41, 5.74) is 0.575. The molecule has 0 spiro atoms. The fourth-order valence-corrected chi connectivity index (χ4v) is 3.78. The van der Waals surface area contributed by atoms with Crippen LogP contribution in [0.1, 0.15) is 10.4 Å². The first kappa shape index (κ1) is 17.7. The summed E-state index contributed by atoms with van der Waals surface area (Å²) in [7, 11) is 2.41. The molecule has 3 rings (SSSR count). The first-order chi connectivity index (χ1) is 11.7. The van der Waals surface area contributed by atoms with Gasteiger partial charge in [-0.15, -0.1) is 0 Å². The lowest BCUT2D eigenvalue weighted by atomic mass is 10.1. The van der Waals surface area contributed by atoms with Crippen LogP contribution in [0.15, 0.2) is 41.3 Å². The summed E-state index contributed by atoms with van der Waals surface area (Å²) in [6, 6.07) is 7.71. The lowest BCUT2D eigenvalue weighted by Gasteiger charge is -2.07. The van der Waals surface area contributed by atoms with E-state index in [2.05, 4.69) is 9.84 Å². The largest absolute Gasteiger partial charge is 0.465 e. The summed E-state index contributed by atoms with van der Waals surface area (Å²) in [5.74, 6) is -1.21. The number of nitrogens with zero attached hydrogens (tertiary/aromatic N) is 2. The monoisotopic (exact) mass is 402 g/mol. The molecule has 1 aromatic heterocycles. The first-order valence-electron chi connectivity index (χ1n) is 6.73. The third-order valence-corrected chi connectivity index (χ3v) is 5.07. The van der Waals surface area contributed by atoms with Crippen molar-refractivity contribution in [2.24, 2.45) is 0 Å². The van der Waals surface area contributed by atoms with Crippen molar-refractivity contribution in [1.29, 1.82) is 0 Å². The number of methoxy groups -OCH3 is 1. The fourth-order valence-electron chi connectivity index (χ4n) is 2.37. The Balaban J connectivity index is 2.41. The molecule has 0 radical (unpaired) electrons. The van der Waals surface area contributed by atoms with Crippen LogP contribution < -0.4 is 0 Å². The van der Waals surface area contributed by atoms with Gasteiger partial charge >= 0.3 is 5.97 Å². The number of hydrogen-bond acceptors (Lipinski definition) is 5. The Hall–Kier alpha value is -2.16. The minimum Gasteiger partial charge on any atom is -0.465 e. The highest BCUT2D eigenvalue weighted by Gasteiger charge is 2.24. The number of fused-ring (bicyclic) bond motifs is 1. The second-order valence-corrected chi connectivity index (χ2v) is 7.87. The number of halogens is 3. The van der Waals surface area contributed by atoms with Gasteiger partial charge in [-0.3, -0.25) is 0 Å². The van der Waals surface area contributed by atoms with E-state index in [4.69, 9.17) is 22.3 Å². The lowest BCUT2D eigenvalue weighted by Crippen LogP contribution is -2.05. The number of ether oxygens (including phenoxy) is 1. The smallest absolute Gasteiger partial charge is 0.337 e.